The van der Waals surface area contributed by atoms with Crippen LogP contribution in [0.4, 0.5) is 0 Å². The Morgan fingerprint density at radius 1 is 1.22 bits per heavy atom. The van der Waals surface area contributed by atoms with Crippen LogP contribution in [0.15, 0.2) is 18.2 Å². The predicted molar refractivity (Wildman–Crippen MR) is 80.0 cm³/mol. The van der Waals surface area contributed by atoms with E-state index >= 15 is 0 Å². The van der Waals surface area contributed by atoms with E-state index in [4.69, 9.17) is 5.73 Å². The SMILES string of the molecule is Cc1ccc(C)c(CCN(C)CCCC(C)N)c1. The van der Waals surface area contributed by atoms with Gasteiger partial charge in [-0.2, -0.15) is 0 Å². The summed E-state index contributed by atoms with van der Waals surface area (Å²) in [5, 5.41) is 0. The lowest BCUT2D eigenvalue weighted by molar-refractivity contribution is 0.326. The minimum atomic E-state index is 0.331. The molecule has 2 N–H and O–H groups in total. The molecular formula is C16H28N2. The van der Waals surface area contributed by atoms with Crippen molar-refractivity contribution < 1.29 is 0 Å². The number of hydrogen-bond donors (Lipinski definition) is 1. The summed E-state index contributed by atoms with van der Waals surface area (Å²) in [6.07, 6.45) is 3.46. The van der Waals surface area contributed by atoms with Gasteiger partial charge in [0.15, 0.2) is 0 Å². The van der Waals surface area contributed by atoms with Crippen molar-refractivity contribution in [1.82, 2.24) is 4.90 Å². The first-order valence-electron chi connectivity index (χ1n) is 6.99. The maximum atomic E-state index is 5.76. The molecule has 0 aliphatic rings. The van der Waals surface area contributed by atoms with Gasteiger partial charge in [0, 0.05) is 12.6 Å². The molecule has 102 valence electrons. The number of hydrogen-bond acceptors (Lipinski definition) is 2. The summed E-state index contributed by atoms with van der Waals surface area (Å²) < 4.78 is 0. The lowest BCUT2D eigenvalue weighted by Gasteiger charge is -2.18. The number of rotatable bonds is 7. The maximum absolute atomic E-state index is 5.76. The fourth-order valence-electron chi connectivity index (χ4n) is 2.18. The number of benzene rings is 1. The van der Waals surface area contributed by atoms with Crippen LogP contribution in [0.5, 0.6) is 0 Å². The average molecular weight is 248 g/mol. The van der Waals surface area contributed by atoms with E-state index in [1.54, 1.807) is 0 Å². The molecule has 0 radical (unpaired) electrons. The number of nitrogens with zero attached hydrogens (tertiary/aromatic N) is 1. The highest BCUT2D eigenvalue weighted by atomic mass is 15.1. The summed E-state index contributed by atoms with van der Waals surface area (Å²) >= 11 is 0. The van der Waals surface area contributed by atoms with Crippen molar-refractivity contribution in [1.29, 1.82) is 0 Å². The van der Waals surface area contributed by atoms with E-state index in [1.165, 1.54) is 23.1 Å². The van der Waals surface area contributed by atoms with Crippen LogP contribution >= 0.6 is 0 Å². The van der Waals surface area contributed by atoms with Crippen molar-refractivity contribution in [3.8, 4) is 0 Å². The van der Waals surface area contributed by atoms with Crippen molar-refractivity contribution in [3.05, 3.63) is 34.9 Å². The molecule has 0 saturated carbocycles. The molecule has 2 heteroatoms. The first-order valence-corrected chi connectivity index (χ1v) is 6.99. The molecule has 1 aromatic rings. The molecule has 1 aromatic carbocycles. The first-order chi connectivity index (χ1) is 8.49. The quantitative estimate of drug-likeness (QED) is 0.804. The zero-order valence-electron chi connectivity index (χ0n) is 12.4. The molecule has 0 fully saturated rings. The van der Waals surface area contributed by atoms with E-state index < -0.39 is 0 Å². The molecule has 0 amide bonds. The smallest absolute Gasteiger partial charge is 0.00189 e. The second kappa shape index (κ2) is 7.55. The van der Waals surface area contributed by atoms with Gasteiger partial charge in [-0.3, -0.25) is 0 Å². The van der Waals surface area contributed by atoms with Gasteiger partial charge in [0.2, 0.25) is 0 Å². The van der Waals surface area contributed by atoms with Gasteiger partial charge in [-0.15, -0.1) is 0 Å². The van der Waals surface area contributed by atoms with E-state index in [0.29, 0.717) is 6.04 Å². The second-order valence-electron chi connectivity index (χ2n) is 5.60. The molecule has 1 rings (SSSR count). The van der Waals surface area contributed by atoms with Gasteiger partial charge in [0.25, 0.3) is 0 Å². The minimum Gasteiger partial charge on any atom is -0.328 e. The molecule has 1 unspecified atom stereocenters. The normalized spacial score (nSPS) is 13.0. The molecule has 0 bridgehead atoms. The summed E-state index contributed by atoms with van der Waals surface area (Å²) in [6, 6.07) is 7.05. The lowest BCUT2D eigenvalue weighted by Crippen LogP contribution is -2.24. The number of likely N-dealkylation sites (N-methyl/N-ethyl adjacent to an activating group) is 1. The topological polar surface area (TPSA) is 29.3 Å². The predicted octanol–water partition coefficient (Wildman–Crippen LogP) is 2.91. The summed E-state index contributed by atoms with van der Waals surface area (Å²) in [6.45, 7) is 8.71. The van der Waals surface area contributed by atoms with Crippen LogP contribution < -0.4 is 5.73 Å². The molecular weight excluding hydrogens is 220 g/mol. The van der Waals surface area contributed by atoms with E-state index in [-0.39, 0.29) is 0 Å². The zero-order chi connectivity index (χ0) is 13.5. The van der Waals surface area contributed by atoms with E-state index in [2.05, 4.69) is 50.9 Å². The zero-order valence-corrected chi connectivity index (χ0v) is 12.4. The summed E-state index contributed by atoms with van der Waals surface area (Å²) in [4.78, 5) is 2.41. The van der Waals surface area contributed by atoms with E-state index in [1.807, 2.05) is 0 Å². The highest BCUT2D eigenvalue weighted by Crippen LogP contribution is 2.11. The molecule has 0 heterocycles. The average Bonchev–Trinajstić information content (AvgIpc) is 2.30. The summed E-state index contributed by atoms with van der Waals surface area (Å²) in [7, 11) is 2.20. The molecule has 0 saturated heterocycles. The number of aryl methyl sites for hydroxylation is 2. The molecule has 2 nitrogen and oxygen atoms in total. The standard InChI is InChI=1S/C16H28N2/c1-13-7-8-14(2)16(12-13)9-11-18(4)10-5-6-15(3)17/h7-8,12,15H,5-6,9-11,17H2,1-4H3. The van der Waals surface area contributed by atoms with Crippen molar-refractivity contribution in [2.24, 2.45) is 5.73 Å². The Hall–Kier alpha value is -0.860. The van der Waals surface area contributed by atoms with Crippen LogP contribution in [0.25, 0.3) is 0 Å². The van der Waals surface area contributed by atoms with Crippen LogP contribution in [-0.4, -0.2) is 31.1 Å². The van der Waals surface area contributed by atoms with Crippen molar-refractivity contribution >= 4 is 0 Å². The van der Waals surface area contributed by atoms with Crippen LogP contribution in [0.1, 0.15) is 36.5 Å². The maximum Gasteiger partial charge on any atom is 0.00189 e. The molecule has 0 aliphatic carbocycles. The Morgan fingerprint density at radius 3 is 2.61 bits per heavy atom. The van der Waals surface area contributed by atoms with E-state index in [0.717, 1.165) is 25.9 Å². The fraction of sp³-hybridized carbons (Fsp3) is 0.625. The molecule has 1 atom stereocenters. The highest BCUT2D eigenvalue weighted by molar-refractivity contribution is 5.30. The van der Waals surface area contributed by atoms with Crippen molar-refractivity contribution in [2.75, 3.05) is 20.1 Å². The number of nitrogens with two attached hydrogens (primary N) is 1. The second-order valence-corrected chi connectivity index (χ2v) is 5.60. The van der Waals surface area contributed by atoms with Crippen LogP contribution in [0, 0.1) is 13.8 Å². The Bertz CT molecular complexity index is 358. The van der Waals surface area contributed by atoms with Crippen LogP contribution in [-0.2, 0) is 6.42 Å². The van der Waals surface area contributed by atoms with Gasteiger partial charge >= 0.3 is 0 Å². The summed E-state index contributed by atoms with van der Waals surface area (Å²) in [5.41, 5.74) is 10.0. The highest BCUT2D eigenvalue weighted by Gasteiger charge is 2.03. The lowest BCUT2D eigenvalue weighted by atomic mass is 10.0. The van der Waals surface area contributed by atoms with Crippen LogP contribution in [0.3, 0.4) is 0 Å². The van der Waals surface area contributed by atoms with Gasteiger partial charge in [-0.1, -0.05) is 23.8 Å². The fourth-order valence-corrected chi connectivity index (χ4v) is 2.18. The Balaban J connectivity index is 2.33. The van der Waals surface area contributed by atoms with Gasteiger partial charge in [-0.05, 0) is 64.8 Å². The first kappa shape index (κ1) is 15.2. The van der Waals surface area contributed by atoms with Crippen molar-refractivity contribution in [2.45, 2.75) is 46.1 Å². The van der Waals surface area contributed by atoms with Gasteiger partial charge < -0.3 is 10.6 Å². The summed E-state index contributed by atoms with van der Waals surface area (Å²) in [5.74, 6) is 0. The van der Waals surface area contributed by atoms with Crippen molar-refractivity contribution in [3.63, 3.8) is 0 Å². The Labute approximate surface area is 112 Å². The molecule has 0 aliphatic heterocycles. The van der Waals surface area contributed by atoms with Gasteiger partial charge in [0.05, 0.1) is 0 Å². The molecule has 0 spiro atoms. The third kappa shape index (κ3) is 5.65. The third-order valence-corrected chi connectivity index (χ3v) is 3.47. The Kier molecular flexibility index (Phi) is 6.37. The van der Waals surface area contributed by atoms with Gasteiger partial charge in [0.1, 0.15) is 0 Å². The monoisotopic (exact) mass is 248 g/mol. The third-order valence-electron chi connectivity index (χ3n) is 3.47. The Morgan fingerprint density at radius 2 is 1.94 bits per heavy atom. The van der Waals surface area contributed by atoms with Gasteiger partial charge in [-0.25, -0.2) is 0 Å². The van der Waals surface area contributed by atoms with E-state index in [9.17, 15) is 0 Å². The largest absolute Gasteiger partial charge is 0.328 e. The molecule has 18 heavy (non-hydrogen) atoms. The molecule has 0 aromatic heterocycles. The van der Waals surface area contributed by atoms with Crippen LogP contribution in [0.2, 0.25) is 0 Å². The minimum absolute atomic E-state index is 0.331.